The zero-order valence-electron chi connectivity index (χ0n) is 21.8. The Balaban J connectivity index is 3.47. The van der Waals surface area contributed by atoms with Crippen molar-refractivity contribution < 1.29 is 29.0 Å². The van der Waals surface area contributed by atoms with E-state index in [0.29, 0.717) is 17.5 Å². The Labute approximate surface area is 207 Å². The third-order valence-corrected chi connectivity index (χ3v) is 4.94. The molecule has 10 nitrogen and oxygen atoms in total. The topological polar surface area (TPSA) is 151 Å². The summed E-state index contributed by atoms with van der Waals surface area (Å²) in [6.07, 6.45) is -0.488. The number of amides is 4. The zero-order chi connectivity index (χ0) is 26.9. The van der Waals surface area contributed by atoms with Crippen molar-refractivity contribution in [1.29, 1.82) is 0 Å². The maximum atomic E-state index is 13.8. The van der Waals surface area contributed by atoms with Crippen molar-refractivity contribution in [3.05, 3.63) is 29.3 Å². The average Bonchev–Trinajstić information content (AvgIpc) is 2.70. The number of hydrogen-bond donors (Lipinski definition) is 4. The molecule has 0 spiro atoms. The minimum atomic E-state index is -1.14. The summed E-state index contributed by atoms with van der Waals surface area (Å²) in [5, 5.41) is 15.4. The van der Waals surface area contributed by atoms with E-state index in [1.54, 1.807) is 39.8 Å². The molecule has 0 aliphatic heterocycles. The Morgan fingerprint density at radius 3 is 2.26 bits per heavy atom. The van der Waals surface area contributed by atoms with E-state index in [2.05, 4.69) is 10.6 Å². The van der Waals surface area contributed by atoms with Crippen LogP contribution in [0.2, 0.25) is 0 Å². The fourth-order valence-electron chi connectivity index (χ4n) is 3.49. The van der Waals surface area contributed by atoms with Crippen molar-refractivity contribution in [1.82, 2.24) is 15.5 Å². The summed E-state index contributed by atoms with van der Waals surface area (Å²) >= 11 is 0. The third kappa shape index (κ3) is 9.84. The van der Waals surface area contributed by atoms with Gasteiger partial charge in [-0.15, -0.1) is 0 Å². The Morgan fingerprint density at radius 2 is 1.77 bits per heavy atom. The van der Waals surface area contributed by atoms with E-state index in [9.17, 15) is 24.3 Å². The summed E-state index contributed by atoms with van der Waals surface area (Å²) in [7, 11) is 0. The molecule has 1 aromatic carbocycles. The lowest BCUT2D eigenvalue weighted by Crippen LogP contribution is -2.53. The number of nitrogens with zero attached hydrogens (tertiary/aromatic N) is 1. The molecule has 0 aliphatic rings. The molecule has 0 fully saturated rings. The number of phenolic OH excluding ortho intramolecular Hbond substituents is 1. The van der Waals surface area contributed by atoms with E-state index < -0.39 is 41.5 Å². The maximum Gasteiger partial charge on any atom is 0.408 e. The number of ether oxygens (including phenoxy) is 1. The Hall–Kier alpha value is -3.30. The number of nitrogens with two attached hydrogens (primary N) is 1. The molecule has 4 amide bonds. The molecule has 1 aromatic rings. The molecule has 35 heavy (non-hydrogen) atoms. The van der Waals surface area contributed by atoms with Crippen molar-refractivity contribution in [3.8, 4) is 5.75 Å². The number of aromatic hydroxyl groups is 1. The molecule has 0 radical (unpaired) electrons. The summed E-state index contributed by atoms with van der Waals surface area (Å²) in [5.74, 6) is -1.51. The Morgan fingerprint density at radius 1 is 1.14 bits per heavy atom. The average molecular weight is 493 g/mol. The largest absolute Gasteiger partial charge is 0.508 e. The molecule has 0 heterocycles. The number of carbonyl (C=O) groups excluding carboxylic acids is 4. The van der Waals surface area contributed by atoms with E-state index in [-0.39, 0.29) is 31.2 Å². The van der Waals surface area contributed by atoms with Gasteiger partial charge in [0.1, 0.15) is 23.4 Å². The molecule has 0 aromatic heterocycles. The first-order valence-corrected chi connectivity index (χ1v) is 11.8. The van der Waals surface area contributed by atoms with Crippen LogP contribution in [-0.4, -0.2) is 58.1 Å². The monoisotopic (exact) mass is 492 g/mol. The standard InChI is InChI=1S/C25H40N4O6/c1-8-13-29(21(22(32)27-15(2)3)17-9-11-19(30)16(4)14-17)23(33)18(10-12-20(26)31)28-24(34)35-25(5,6)7/h9,11,14-15,18,21,30H,8,10,12-13H2,1-7H3,(H2,26,31)(H,27,32)(H,28,34). The first-order chi connectivity index (χ1) is 16.2. The highest BCUT2D eigenvalue weighted by molar-refractivity contribution is 5.92. The Kier molecular flexibility index (Phi) is 11.0. The lowest BCUT2D eigenvalue weighted by atomic mass is 9.99. The Bertz CT molecular complexity index is 910. The molecule has 10 heteroatoms. The number of primary amides is 1. The van der Waals surface area contributed by atoms with Crippen LogP contribution < -0.4 is 16.4 Å². The summed E-state index contributed by atoms with van der Waals surface area (Å²) in [5.41, 5.74) is 5.55. The summed E-state index contributed by atoms with van der Waals surface area (Å²) in [6, 6.07) is 2.35. The first-order valence-electron chi connectivity index (χ1n) is 11.8. The number of hydrogen-bond acceptors (Lipinski definition) is 6. The highest BCUT2D eigenvalue weighted by Crippen LogP contribution is 2.28. The number of alkyl carbamates (subject to hydrolysis) is 1. The number of benzene rings is 1. The number of phenols is 1. The normalized spacial score (nSPS) is 13.0. The summed E-state index contributed by atoms with van der Waals surface area (Å²) < 4.78 is 5.29. The minimum absolute atomic E-state index is 0.0548. The lowest BCUT2D eigenvalue weighted by molar-refractivity contribution is -0.143. The van der Waals surface area contributed by atoms with Gasteiger partial charge in [0.05, 0.1) is 0 Å². The number of rotatable bonds is 11. The van der Waals surface area contributed by atoms with Crippen LogP contribution in [-0.2, 0) is 19.1 Å². The van der Waals surface area contributed by atoms with Gasteiger partial charge in [0, 0.05) is 19.0 Å². The van der Waals surface area contributed by atoms with E-state index >= 15 is 0 Å². The van der Waals surface area contributed by atoms with Crippen molar-refractivity contribution in [3.63, 3.8) is 0 Å². The molecule has 2 unspecified atom stereocenters. The van der Waals surface area contributed by atoms with Crippen LogP contribution in [0, 0.1) is 6.92 Å². The third-order valence-electron chi connectivity index (χ3n) is 4.94. The van der Waals surface area contributed by atoms with Crippen LogP contribution in [0.5, 0.6) is 5.75 Å². The van der Waals surface area contributed by atoms with Crippen LogP contribution in [0.4, 0.5) is 4.79 Å². The van der Waals surface area contributed by atoms with Crippen LogP contribution in [0.1, 0.15) is 78.0 Å². The summed E-state index contributed by atoms with van der Waals surface area (Å²) in [4.78, 5) is 52.4. The second kappa shape index (κ2) is 13.0. The van der Waals surface area contributed by atoms with Gasteiger partial charge in [-0.2, -0.15) is 0 Å². The fourth-order valence-corrected chi connectivity index (χ4v) is 3.49. The molecule has 5 N–H and O–H groups in total. The van der Waals surface area contributed by atoms with Crippen molar-refractivity contribution in [2.45, 2.75) is 91.5 Å². The summed E-state index contributed by atoms with van der Waals surface area (Å²) in [6.45, 7) is 12.5. The molecule has 1 rings (SSSR count). The van der Waals surface area contributed by atoms with Gasteiger partial charge in [0.25, 0.3) is 0 Å². The van der Waals surface area contributed by atoms with Crippen molar-refractivity contribution in [2.75, 3.05) is 6.54 Å². The van der Waals surface area contributed by atoms with Gasteiger partial charge in [-0.25, -0.2) is 4.79 Å². The number of carbonyl (C=O) groups is 4. The van der Waals surface area contributed by atoms with Crippen LogP contribution in [0.25, 0.3) is 0 Å². The van der Waals surface area contributed by atoms with E-state index in [1.807, 2.05) is 20.8 Å². The highest BCUT2D eigenvalue weighted by atomic mass is 16.6. The molecule has 0 bridgehead atoms. The van der Waals surface area contributed by atoms with E-state index in [1.165, 1.54) is 11.0 Å². The van der Waals surface area contributed by atoms with Gasteiger partial charge in [0.15, 0.2) is 0 Å². The molecule has 2 atom stereocenters. The van der Waals surface area contributed by atoms with Gasteiger partial charge < -0.3 is 31.1 Å². The molecule has 0 saturated heterocycles. The molecule has 196 valence electrons. The molecule has 0 saturated carbocycles. The second-order valence-corrected chi connectivity index (χ2v) is 9.85. The van der Waals surface area contributed by atoms with Crippen LogP contribution in [0.15, 0.2) is 18.2 Å². The zero-order valence-corrected chi connectivity index (χ0v) is 21.8. The quantitative estimate of drug-likeness (QED) is 0.373. The van der Waals surface area contributed by atoms with Gasteiger partial charge >= 0.3 is 6.09 Å². The predicted octanol–water partition coefficient (Wildman–Crippen LogP) is 2.66. The number of nitrogens with one attached hydrogen (secondary N) is 2. The van der Waals surface area contributed by atoms with Gasteiger partial charge in [-0.1, -0.05) is 13.0 Å². The molecular weight excluding hydrogens is 452 g/mol. The smallest absolute Gasteiger partial charge is 0.408 e. The van der Waals surface area contributed by atoms with Gasteiger partial charge in [-0.3, -0.25) is 14.4 Å². The predicted molar refractivity (Wildman–Crippen MR) is 132 cm³/mol. The fraction of sp³-hybridized carbons (Fsp3) is 0.600. The SMILES string of the molecule is CCCN(C(=O)C(CCC(N)=O)NC(=O)OC(C)(C)C)C(C(=O)NC(C)C)c1ccc(O)c(C)c1. The lowest BCUT2D eigenvalue weighted by Gasteiger charge is -2.35. The van der Waals surface area contributed by atoms with Crippen molar-refractivity contribution >= 4 is 23.8 Å². The first kappa shape index (κ1) is 29.7. The highest BCUT2D eigenvalue weighted by Gasteiger charge is 2.36. The van der Waals surface area contributed by atoms with Gasteiger partial charge in [0.2, 0.25) is 17.7 Å². The van der Waals surface area contributed by atoms with Crippen molar-refractivity contribution in [2.24, 2.45) is 5.73 Å². The molecular formula is C25H40N4O6. The number of aryl methyl sites for hydroxylation is 1. The van der Waals surface area contributed by atoms with E-state index in [4.69, 9.17) is 10.5 Å². The maximum absolute atomic E-state index is 13.8. The molecule has 0 aliphatic carbocycles. The van der Waals surface area contributed by atoms with Gasteiger partial charge in [-0.05, 0) is 77.6 Å². The van der Waals surface area contributed by atoms with Crippen LogP contribution >= 0.6 is 0 Å². The minimum Gasteiger partial charge on any atom is -0.508 e. The van der Waals surface area contributed by atoms with Crippen LogP contribution in [0.3, 0.4) is 0 Å². The van der Waals surface area contributed by atoms with E-state index in [0.717, 1.165) is 0 Å². The second-order valence-electron chi connectivity index (χ2n) is 9.85.